The lowest BCUT2D eigenvalue weighted by atomic mass is 10.1. The van der Waals surface area contributed by atoms with E-state index in [0.717, 1.165) is 0 Å². The highest BCUT2D eigenvalue weighted by molar-refractivity contribution is 5.85. The second kappa shape index (κ2) is 6.20. The summed E-state index contributed by atoms with van der Waals surface area (Å²) in [6.45, 7) is 3.75. The van der Waals surface area contributed by atoms with Crippen LogP contribution in [0.25, 0.3) is 0 Å². The van der Waals surface area contributed by atoms with E-state index in [1.807, 2.05) is 13.8 Å². The third-order valence-corrected chi connectivity index (χ3v) is 2.70. The van der Waals surface area contributed by atoms with Gasteiger partial charge in [-0.25, -0.2) is 4.39 Å². The van der Waals surface area contributed by atoms with E-state index < -0.39 is 0 Å². The summed E-state index contributed by atoms with van der Waals surface area (Å²) in [7, 11) is 0. The fourth-order valence-corrected chi connectivity index (χ4v) is 1.70. The van der Waals surface area contributed by atoms with Gasteiger partial charge in [0.05, 0.1) is 6.04 Å². The molecule has 0 spiro atoms. The van der Waals surface area contributed by atoms with Crippen LogP contribution in [0.5, 0.6) is 0 Å². The van der Waals surface area contributed by atoms with Gasteiger partial charge in [0.2, 0.25) is 0 Å². The van der Waals surface area contributed by atoms with Gasteiger partial charge in [0.25, 0.3) is 0 Å². The van der Waals surface area contributed by atoms with E-state index in [-0.39, 0.29) is 23.7 Å². The van der Waals surface area contributed by atoms with Crippen LogP contribution >= 0.6 is 0 Å². The molecule has 0 bridgehead atoms. The molecule has 1 rings (SSSR count). The quantitative estimate of drug-likeness (QED) is 0.318. The molecular formula is C12H18FN3O. The Bertz CT molecular complexity index is 395. The highest BCUT2D eigenvalue weighted by atomic mass is 19.1. The number of benzene rings is 1. The molecule has 0 aliphatic heterocycles. The van der Waals surface area contributed by atoms with Gasteiger partial charge in [0.15, 0.2) is 5.84 Å². The predicted octanol–water partition coefficient (Wildman–Crippen LogP) is 2.00. The predicted molar refractivity (Wildman–Crippen MR) is 65.4 cm³/mol. The first kappa shape index (κ1) is 13.4. The van der Waals surface area contributed by atoms with E-state index in [4.69, 9.17) is 10.9 Å². The van der Waals surface area contributed by atoms with Crippen LogP contribution in [-0.4, -0.2) is 17.1 Å². The smallest absolute Gasteiger partial charge is 0.156 e. The average molecular weight is 239 g/mol. The van der Waals surface area contributed by atoms with Crippen molar-refractivity contribution in [2.24, 2.45) is 10.9 Å². The Hall–Kier alpha value is -1.62. The highest BCUT2D eigenvalue weighted by Gasteiger charge is 2.17. The topological polar surface area (TPSA) is 70.6 Å². The molecule has 0 heterocycles. The van der Waals surface area contributed by atoms with Gasteiger partial charge >= 0.3 is 0 Å². The third-order valence-electron chi connectivity index (χ3n) is 2.70. The molecule has 0 aliphatic rings. The molecule has 1 aromatic rings. The third kappa shape index (κ3) is 3.42. The van der Waals surface area contributed by atoms with Crippen LogP contribution in [0, 0.1) is 5.82 Å². The summed E-state index contributed by atoms with van der Waals surface area (Å²) < 4.78 is 13.5. The molecule has 5 heteroatoms. The number of hydrogen-bond donors (Lipinski definition) is 3. The first-order valence-electron chi connectivity index (χ1n) is 5.58. The average Bonchev–Trinajstić information content (AvgIpc) is 2.35. The molecular weight excluding hydrogens is 221 g/mol. The largest absolute Gasteiger partial charge is 0.409 e. The second-order valence-corrected chi connectivity index (χ2v) is 3.90. The van der Waals surface area contributed by atoms with Crippen molar-refractivity contribution in [2.45, 2.75) is 32.4 Å². The van der Waals surface area contributed by atoms with E-state index in [1.54, 1.807) is 18.2 Å². The van der Waals surface area contributed by atoms with Crippen molar-refractivity contribution in [1.82, 2.24) is 5.32 Å². The number of nitrogens with two attached hydrogens (primary N) is 1. The standard InChI is InChI=1S/C12H18FN3O/c1-3-11(12(14)16-17)15-8(2)9-6-4-5-7-10(9)13/h4-8,11,15,17H,3H2,1-2H3,(H2,14,16)/t8-,11?/m1/s1. The molecule has 0 saturated heterocycles. The van der Waals surface area contributed by atoms with Crippen molar-refractivity contribution in [3.8, 4) is 0 Å². The molecule has 0 aromatic heterocycles. The summed E-state index contributed by atoms with van der Waals surface area (Å²) in [5.41, 5.74) is 6.10. The number of amidine groups is 1. The van der Waals surface area contributed by atoms with Gasteiger partial charge in [-0.1, -0.05) is 30.3 Å². The number of hydrogen-bond acceptors (Lipinski definition) is 3. The number of nitrogens with zero attached hydrogens (tertiary/aromatic N) is 1. The van der Waals surface area contributed by atoms with Crippen molar-refractivity contribution in [1.29, 1.82) is 0 Å². The molecule has 0 saturated carbocycles. The first-order valence-corrected chi connectivity index (χ1v) is 5.58. The van der Waals surface area contributed by atoms with E-state index >= 15 is 0 Å². The summed E-state index contributed by atoms with van der Waals surface area (Å²) >= 11 is 0. The van der Waals surface area contributed by atoms with Gasteiger partial charge in [0.1, 0.15) is 5.82 Å². The lowest BCUT2D eigenvalue weighted by Crippen LogP contribution is -2.42. The van der Waals surface area contributed by atoms with Gasteiger partial charge in [-0.05, 0) is 19.4 Å². The molecule has 4 N–H and O–H groups in total. The Kier molecular flexibility index (Phi) is 4.90. The Morgan fingerprint density at radius 2 is 2.18 bits per heavy atom. The van der Waals surface area contributed by atoms with E-state index in [2.05, 4.69) is 10.5 Å². The van der Waals surface area contributed by atoms with E-state index in [1.165, 1.54) is 6.07 Å². The minimum absolute atomic E-state index is 0.107. The minimum Gasteiger partial charge on any atom is -0.409 e. The zero-order valence-corrected chi connectivity index (χ0v) is 10.0. The molecule has 94 valence electrons. The van der Waals surface area contributed by atoms with Crippen LogP contribution in [0.1, 0.15) is 31.9 Å². The lowest BCUT2D eigenvalue weighted by molar-refractivity contribution is 0.313. The van der Waals surface area contributed by atoms with Crippen LogP contribution in [0.4, 0.5) is 4.39 Å². The van der Waals surface area contributed by atoms with Crippen LogP contribution in [-0.2, 0) is 0 Å². The molecule has 1 unspecified atom stereocenters. The summed E-state index contributed by atoms with van der Waals surface area (Å²) in [6, 6.07) is 6.08. The maximum atomic E-state index is 13.5. The fraction of sp³-hybridized carbons (Fsp3) is 0.417. The number of rotatable bonds is 5. The second-order valence-electron chi connectivity index (χ2n) is 3.90. The minimum atomic E-state index is -0.269. The molecule has 1 aromatic carbocycles. The molecule has 2 atom stereocenters. The Morgan fingerprint density at radius 1 is 1.53 bits per heavy atom. The molecule has 0 fully saturated rings. The molecule has 0 aliphatic carbocycles. The van der Waals surface area contributed by atoms with Crippen LogP contribution < -0.4 is 11.1 Å². The lowest BCUT2D eigenvalue weighted by Gasteiger charge is -2.21. The summed E-state index contributed by atoms with van der Waals surface area (Å²) in [4.78, 5) is 0. The van der Waals surface area contributed by atoms with E-state index in [9.17, 15) is 4.39 Å². The fourth-order valence-electron chi connectivity index (χ4n) is 1.70. The summed E-state index contributed by atoms with van der Waals surface area (Å²) in [5.74, 6) is -0.155. The van der Waals surface area contributed by atoms with Crippen LogP contribution in [0.2, 0.25) is 0 Å². The van der Waals surface area contributed by atoms with Crippen LogP contribution in [0.3, 0.4) is 0 Å². The molecule has 0 radical (unpaired) electrons. The molecule has 17 heavy (non-hydrogen) atoms. The Labute approximate surface area is 100 Å². The highest BCUT2D eigenvalue weighted by Crippen LogP contribution is 2.17. The van der Waals surface area contributed by atoms with Gasteiger partial charge in [-0.2, -0.15) is 0 Å². The number of nitrogens with one attached hydrogen (secondary N) is 1. The monoisotopic (exact) mass is 239 g/mol. The summed E-state index contributed by atoms with van der Waals surface area (Å²) in [5, 5.41) is 14.7. The zero-order chi connectivity index (χ0) is 12.8. The van der Waals surface area contributed by atoms with Crippen molar-refractivity contribution in [2.75, 3.05) is 0 Å². The van der Waals surface area contributed by atoms with Crippen LogP contribution in [0.15, 0.2) is 29.4 Å². The normalized spacial score (nSPS) is 15.6. The Balaban J connectivity index is 2.78. The molecule has 0 amide bonds. The van der Waals surface area contributed by atoms with E-state index in [0.29, 0.717) is 12.0 Å². The van der Waals surface area contributed by atoms with Gasteiger partial charge in [-0.3, -0.25) is 0 Å². The maximum absolute atomic E-state index is 13.5. The summed E-state index contributed by atoms with van der Waals surface area (Å²) in [6.07, 6.45) is 0.661. The maximum Gasteiger partial charge on any atom is 0.156 e. The van der Waals surface area contributed by atoms with Gasteiger partial charge in [0, 0.05) is 11.6 Å². The Morgan fingerprint density at radius 3 is 2.71 bits per heavy atom. The molecule has 4 nitrogen and oxygen atoms in total. The first-order chi connectivity index (χ1) is 8.10. The number of oxime groups is 1. The van der Waals surface area contributed by atoms with Crippen molar-refractivity contribution in [3.63, 3.8) is 0 Å². The SMILES string of the molecule is CCC(N[C@H](C)c1ccccc1F)/C(N)=N/O. The van der Waals surface area contributed by atoms with Gasteiger partial charge in [-0.15, -0.1) is 0 Å². The van der Waals surface area contributed by atoms with Crippen molar-refractivity contribution in [3.05, 3.63) is 35.6 Å². The van der Waals surface area contributed by atoms with Crippen molar-refractivity contribution < 1.29 is 9.60 Å². The van der Waals surface area contributed by atoms with Crippen molar-refractivity contribution >= 4 is 5.84 Å². The van der Waals surface area contributed by atoms with Gasteiger partial charge < -0.3 is 16.3 Å². The zero-order valence-electron chi connectivity index (χ0n) is 10.0. The number of halogens is 1.